The summed E-state index contributed by atoms with van der Waals surface area (Å²) in [6, 6.07) is 15.7. The van der Waals surface area contributed by atoms with E-state index >= 15 is 0 Å². The van der Waals surface area contributed by atoms with Gasteiger partial charge in [-0.2, -0.15) is 0 Å². The van der Waals surface area contributed by atoms with Crippen molar-refractivity contribution >= 4 is 17.0 Å². The lowest BCUT2D eigenvalue weighted by Gasteiger charge is -2.25. The molecule has 0 amide bonds. The van der Waals surface area contributed by atoms with Gasteiger partial charge in [0, 0.05) is 23.4 Å². The second kappa shape index (κ2) is 5.62. The first kappa shape index (κ1) is 15.7. The molecule has 1 aromatic heterocycles. The summed E-state index contributed by atoms with van der Waals surface area (Å²) in [7, 11) is 0. The molecule has 1 aliphatic heterocycles. The Morgan fingerprint density at radius 3 is 2.68 bits per heavy atom. The number of ether oxygens (including phenoxy) is 1. The molecule has 0 bridgehead atoms. The smallest absolute Gasteiger partial charge is 0.336 e. The Labute approximate surface area is 146 Å². The number of fused-ring (bicyclic) bond motifs is 3. The molecular formula is C22H20O3. The average Bonchev–Trinajstić information content (AvgIpc) is 2.94. The minimum atomic E-state index is -0.450. The van der Waals surface area contributed by atoms with Crippen LogP contribution < -0.4 is 10.4 Å². The summed E-state index contributed by atoms with van der Waals surface area (Å²) in [5, 5.41) is 0.968. The van der Waals surface area contributed by atoms with Gasteiger partial charge in [-0.15, -0.1) is 0 Å². The summed E-state index contributed by atoms with van der Waals surface area (Å²) in [5.41, 5.74) is 4.07. The normalized spacial score (nSPS) is 19.7. The monoisotopic (exact) mass is 332 g/mol. The van der Waals surface area contributed by atoms with Crippen LogP contribution in [0.2, 0.25) is 0 Å². The van der Waals surface area contributed by atoms with Crippen LogP contribution in [-0.4, -0.2) is 5.60 Å². The predicted octanol–water partition coefficient (Wildman–Crippen LogP) is 4.90. The van der Waals surface area contributed by atoms with E-state index in [1.54, 1.807) is 0 Å². The highest BCUT2D eigenvalue weighted by Gasteiger charge is 2.38. The van der Waals surface area contributed by atoms with Crippen molar-refractivity contribution in [1.29, 1.82) is 0 Å². The van der Waals surface area contributed by atoms with E-state index < -0.39 is 5.60 Å². The van der Waals surface area contributed by atoms with Gasteiger partial charge in [0.15, 0.2) is 0 Å². The predicted molar refractivity (Wildman–Crippen MR) is 100 cm³/mol. The Bertz CT molecular complexity index is 1040. The highest BCUT2D eigenvalue weighted by molar-refractivity contribution is 5.85. The van der Waals surface area contributed by atoms with Gasteiger partial charge in [-0.25, -0.2) is 4.79 Å². The lowest BCUT2D eigenvalue weighted by atomic mass is 9.89. The number of hydrogen-bond acceptors (Lipinski definition) is 3. The van der Waals surface area contributed by atoms with Gasteiger partial charge in [0.2, 0.25) is 0 Å². The molecule has 0 fully saturated rings. The van der Waals surface area contributed by atoms with Gasteiger partial charge < -0.3 is 9.15 Å². The van der Waals surface area contributed by atoms with Crippen LogP contribution in [-0.2, 0) is 6.42 Å². The van der Waals surface area contributed by atoms with Gasteiger partial charge in [-0.05, 0) is 49.6 Å². The lowest BCUT2D eigenvalue weighted by Crippen LogP contribution is -2.31. The van der Waals surface area contributed by atoms with Gasteiger partial charge in [0.05, 0.1) is 0 Å². The highest BCUT2D eigenvalue weighted by atomic mass is 16.5. The molecule has 2 aromatic carbocycles. The molecule has 0 spiro atoms. The number of rotatable bonds is 2. The van der Waals surface area contributed by atoms with Gasteiger partial charge in [0.1, 0.15) is 16.9 Å². The zero-order valence-electron chi connectivity index (χ0n) is 14.6. The molecule has 3 heteroatoms. The molecule has 3 nitrogen and oxygen atoms in total. The Morgan fingerprint density at radius 1 is 1.16 bits per heavy atom. The topological polar surface area (TPSA) is 39.4 Å². The Morgan fingerprint density at radius 2 is 1.92 bits per heavy atom. The van der Waals surface area contributed by atoms with Gasteiger partial charge >= 0.3 is 5.63 Å². The number of aryl methyl sites for hydroxylation is 1. The lowest BCUT2D eigenvalue weighted by molar-refractivity contribution is 0.158. The van der Waals surface area contributed by atoms with Crippen molar-refractivity contribution in [3.63, 3.8) is 0 Å². The van der Waals surface area contributed by atoms with Crippen LogP contribution in [0.15, 0.2) is 63.3 Å². The minimum absolute atomic E-state index is 0.316. The molecule has 25 heavy (non-hydrogen) atoms. The van der Waals surface area contributed by atoms with Crippen LogP contribution in [0.5, 0.6) is 5.75 Å². The van der Waals surface area contributed by atoms with Crippen molar-refractivity contribution in [3.8, 4) is 5.75 Å². The molecule has 3 aromatic rings. The number of benzene rings is 2. The fourth-order valence-corrected chi connectivity index (χ4v) is 3.47. The second-order valence-corrected chi connectivity index (χ2v) is 6.92. The molecule has 0 radical (unpaired) electrons. The molecule has 1 atom stereocenters. The zero-order valence-corrected chi connectivity index (χ0v) is 14.6. The average molecular weight is 332 g/mol. The fourth-order valence-electron chi connectivity index (χ4n) is 3.47. The summed E-state index contributed by atoms with van der Waals surface area (Å²) >= 11 is 0. The third-order valence-electron chi connectivity index (χ3n) is 5.05. The third-order valence-corrected chi connectivity index (χ3v) is 5.05. The van der Waals surface area contributed by atoms with Crippen molar-refractivity contribution in [1.82, 2.24) is 0 Å². The molecule has 126 valence electrons. The maximum Gasteiger partial charge on any atom is 0.336 e. The van der Waals surface area contributed by atoms with Crippen molar-refractivity contribution in [3.05, 3.63) is 81.2 Å². The first-order chi connectivity index (χ1) is 12.0. The maximum absolute atomic E-state index is 11.8. The van der Waals surface area contributed by atoms with Crippen LogP contribution >= 0.6 is 0 Å². The quantitative estimate of drug-likeness (QED) is 0.627. The summed E-state index contributed by atoms with van der Waals surface area (Å²) in [6.07, 6.45) is 2.83. The van der Waals surface area contributed by atoms with Crippen molar-refractivity contribution < 1.29 is 9.15 Å². The van der Waals surface area contributed by atoms with Crippen LogP contribution in [0.25, 0.3) is 17.0 Å². The summed E-state index contributed by atoms with van der Waals surface area (Å²) in [6.45, 7) is 6.10. The third kappa shape index (κ3) is 2.66. The zero-order chi connectivity index (χ0) is 17.6. The van der Waals surface area contributed by atoms with E-state index in [1.165, 1.54) is 6.07 Å². The molecule has 0 aliphatic carbocycles. The second-order valence-electron chi connectivity index (χ2n) is 6.92. The summed E-state index contributed by atoms with van der Waals surface area (Å²) in [4.78, 5) is 11.8. The van der Waals surface area contributed by atoms with E-state index in [4.69, 9.17) is 9.15 Å². The SMILES string of the molecule is C/C(=C/c1ccccc1)C1(C)Cc2c(ccc3c(C)cc(=O)oc23)O1. The molecule has 0 saturated carbocycles. The van der Waals surface area contributed by atoms with Crippen LogP contribution in [0.1, 0.15) is 30.5 Å². The van der Waals surface area contributed by atoms with Crippen molar-refractivity contribution in [2.75, 3.05) is 0 Å². The Kier molecular flexibility index (Phi) is 3.53. The van der Waals surface area contributed by atoms with Crippen LogP contribution in [0.3, 0.4) is 0 Å². The fraction of sp³-hybridized carbons (Fsp3) is 0.227. The molecule has 1 aliphatic rings. The first-order valence-electron chi connectivity index (χ1n) is 8.45. The standard InChI is InChI=1S/C22H20O3/c1-14-11-20(23)24-21-17(14)9-10-19-18(21)13-22(3,25-19)15(2)12-16-7-5-4-6-8-16/h4-12H,13H2,1-3H3/b15-12-. The van der Waals surface area contributed by atoms with Crippen LogP contribution in [0.4, 0.5) is 0 Å². The highest BCUT2D eigenvalue weighted by Crippen LogP contribution is 2.43. The molecular weight excluding hydrogens is 312 g/mol. The number of hydrogen-bond donors (Lipinski definition) is 0. The Balaban J connectivity index is 1.79. The molecule has 4 rings (SSSR count). The molecule has 0 N–H and O–H groups in total. The van der Waals surface area contributed by atoms with E-state index in [0.717, 1.165) is 33.4 Å². The van der Waals surface area contributed by atoms with E-state index in [2.05, 4.69) is 32.1 Å². The first-order valence-corrected chi connectivity index (χ1v) is 8.45. The summed E-state index contributed by atoms with van der Waals surface area (Å²) < 4.78 is 11.8. The van der Waals surface area contributed by atoms with Gasteiger partial charge in [-0.1, -0.05) is 36.4 Å². The van der Waals surface area contributed by atoms with E-state index in [9.17, 15) is 4.79 Å². The molecule has 1 unspecified atom stereocenters. The van der Waals surface area contributed by atoms with Gasteiger partial charge in [0.25, 0.3) is 0 Å². The molecule has 2 heterocycles. The Hall–Kier alpha value is -2.81. The largest absolute Gasteiger partial charge is 0.482 e. The van der Waals surface area contributed by atoms with E-state index in [0.29, 0.717) is 12.0 Å². The van der Waals surface area contributed by atoms with Gasteiger partial charge in [-0.3, -0.25) is 0 Å². The van der Waals surface area contributed by atoms with E-state index in [-0.39, 0.29) is 5.63 Å². The van der Waals surface area contributed by atoms with Crippen molar-refractivity contribution in [2.45, 2.75) is 32.8 Å². The summed E-state index contributed by atoms with van der Waals surface area (Å²) in [5.74, 6) is 0.796. The van der Waals surface area contributed by atoms with E-state index in [1.807, 2.05) is 37.3 Å². The van der Waals surface area contributed by atoms with Crippen molar-refractivity contribution in [2.24, 2.45) is 0 Å². The minimum Gasteiger partial charge on any atom is -0.482 e. The maximum atomic E-state index is 11.8. The van der Waals surface area contributed by atoms with Crippen LogP contribution in [0, 0.1) is 6.92 Å². The molecule has 0 saturated heterocycles.